The number of halogens is 1. The van der Waals surface area contributed by atoms with Gasteiger partial charge < -0.3 is 10.4 Å². The van der Waals surface area contributed by atoms with Gasteiger partial charge in [-0.3, -0.25) is 4.79 Å². The van der Waals surface area contributed by atoms with Crippen molar-refractivity contribution in [1.82, 2.24) is 4.98 Å². The van der Waals surface area contributed by atoms with E-state index in [1.54, 1.807) is 32.0 Å². The predicted octanol–water partition coefficient (Wildman–Crippen LogP) is 3.85. The number of rotatable bonds is 4. The molecule has 1 aromatic carbocycles. The largest absolute Gasteiger partial charge is 0.477 e. The number of amides is 1. The topological polar surface area (TPSA) is 79.3 Å². The van der Waals surface area contributed by atoms with Crippen molar-refractivity contribution in [2.24, 2.45) is 0 Å². The SMILES string of the molecule is Cc1nc([C@H](C)C(=O)Nc2cccc(Cl)c2C)sc1C(=O)O. The number of carbonyl (C=O) groups is 2. The number of aryl methyl sites for hydroxylation is 1. The minimum absolute atomic E-state index is 0.161. The third-order valence-electron chi connectivity index (χ3n) is 3.30. The lowest BCUT2D eigenvalue weighted by Crippen LogP contribution is -2.19. The standard InChI is InChI=1S/C15H15ClN2O3S/c1-7-10(16)5-4-6-11(7)18-13(19)8(2)14-17-9(3)12(22-14)15(20)21/h4-6,8H,1-3H3,(H,18,19)(H,20,21)/t8-/m1/s1. The van der Waals surface area contributed by atoms with Crippen LogP contribution in [-0.4, -0.2) is 22.0 Å². The van der Waals surface area contributed by atoms with Crippen molar-refractivity contribution >= 4 is 40.5 Å². The van der Waals surface area contributed by atoms with Crippen LogP contribution in [0.1, 0.15) is 38.8 Å². The van der Waals surface area contributed by atoms with Crippen molar-refractivity contribution in [3.63, 3.8) is 0 Å². The van der Waals surface area contributed by atoms with Gasteiger partial charge in [0, 0.05) is 10.7 Å². The number of hydrogen-bond donors (Lipinski definition) is 2. The van der Waals surface area contributed by atoms with Crippen LogP contribution in [0, 0.1) is 13.8 Å². The zero-order valence-electron chi connectivity index (χ0n) is 12.3. The molecule has 1 atom stereocenters. The molecule has 1 heterocycles. The van der Waals surface area contributed by atoms with Crippen molar-refractivity contribution in [1.29, 1.82) is 0 Å². The van der Waals surface area contributed by atoms with Crippen molar-refractivity contribution in [3.05, 3.63) is 44.4 Å². The summed E-state index contributed by atoms with van der Waals surface area (Å²) < 4.78 is 0. The van der Waals surface area contributed by atoms with E-state index in [0.717, 1.165) is 16.9 Å². The first-order chi connectivity index (χ1) is 10.3. The van der Waals surface area contributed by atoms with Crippen LogP contribution in [0.2, 0.25) is 5.02 Å². The van der Waals surface area contributed by atoms with E-state index < -0.39 is 11.9 Å². The fraction of sp³-hybridized carbons (Fsp3) is 0.267. The number of carbonyl (C=O) groups excluding carboxylic acids is 1. The summed E-state index contributed by atoms with van der Waals surface area (Å²) in [6.45, 7) is 5.13. The zero-order chi connectivity index (χ0) is 16.4. The minimum Gasteiger partial charge on any atom is -0.477 e. The molecule has 0 aliphatic heterocycles. The maximum atomic E-state index is 12.3. The molecule has 5 nitrogen and oxygen atoms in total. The van der Waals surface area contributed by atoms with E-state index in [1.807, 2.05) is 6.92 Å². The molecule has 0 radical (unpaired) electrons. The van der Waals surface area contributed by atoms with Gasteiger partial charge in [0.2, 0.25) is 5.91 Å². The highest BCUT2D eigenvalue weighted by Gasteiger charge is 2.23. The van der Waals surface area contributed by atoms with Crippen molar-refractivity contribution in [3.8, 4) is 0 Å². The van der Waals surface area contributed by atoms with Gasteiger partial charge in [-0.15, -0.1) is 11.3 Å². The molecular formula is C15H15ClN2O3S. The minimum atomic E-state index is -1.03. The number of thiazole rings is 1. The van der Waals surface area contributed by atoms with E-state index in [1.165, 1.54) is 0 Å². The van der Waals surface area contributed by atoms with E-state index in [2.05, 4.69) is 10.3 Å². The van der Waals surface area contributed by atoms with Crippen molar-refractivity contribution in [2.75, 3.05) is 5.32 Å². The molecule has 7 heteroatoms. The summed E-state index contributed by atoms with van der Waals surface area (Å²) in [6.07, 6.45) is 0. The monoisotopic (exact) mass is 338 g/mol. The average Bonchev–Trinajstić information content (AvgIpc) is 2.85. The van der Waals surface area contributed by atoms with Crippen molar-refractivity contribution in [2.45, 2.75) is 26.7 Å². The van der Waals surface area contributed by atoms with Crippen LogP contribution in [0.5, 0.6) is 0 Å². The van der Waals surface area contributed by atoms with Gasteiger partial charge in [-0.05, 0) is 38.5 Å². The summed E-state index contributed by atoms with van der Waals surface area (Å²) in [5.74, 6) is -1.83. The van der Waals surface area contributed by atoms with Gasteiger partial charge in [0.15, 0.2) is 0 Å². The molecule has 0 aliphatic rings. The molecule has 1 aromatic heterocycles. The molecule has 0 spiro atoms. The van der Waals surface area contributed by atoms with E-state index in [4.69, 9.17) is 16.7 Å². The van der Waals surface area contributed by atoms with Gasteiger partial charge in [0.1, 0.15) is 9.88 Å². The number of nitrogens with one attached hydrogen (secondary N) is 1. The third kappa shape index (κ3) is 3.28. The Morgan fingerprint density at radius 1 is 1.36 bits per heavy atom. The molecule has 2 aromatic rings. The Kier molecular flexibility index (Phi) is 4.83. The molecule has 2 rings (SSSR count). The number of benzene rings is 1. The Labute approximate surface area is 137 Å². The molecule has 0 aliphatic carbocycles. The second kappa shape index (κ2) is 6.46. The Hall–Kier alpha value is -1.92. The predicted molar refractivity (Wildman–Crippen MR) is 87.0 cm³/mol. The van der Waals surface area contributed by atoms with Crippen LogP contribution in [0.25, 0.3) is 0 Å². The number of carboxylic acids is 1. The van der Waals surface area contributed by atoms with Crippen LogP contribution < -0.4 is 5.32 Å². The molecule has 0 fully saturated rings. The fourth-order valence-corrected chi connectivity index (χ4v) is 3.03. The summed E-state index contributed by atoms with van der Waals surface area (Å²) in [6, 6.07) is 5.27. The normalized spacial score (nSPS) is 12.0. The van der Waals surface area contributed by atoms with Gasteiger partial charge in [-0.2, -0.15) is 0 Å². The lowest BCUT2D eigenvalue weighted by molar-refractivity contribution is -0.117. The smallest absolute Gasteiger partial charge is 0.347 e. The Morgan fingerprint density at radius 3 is 2.64 bits per heavy atom. The van der Waals surface area contributed by atoms with Gasteiger partial charge in [-0.25, -0.2) is 9.78 Å². The van der Waals surface area contributed by atoms with E-state index >= 15 is 0 Å². The summed E-state index contributed by atoms with van der Waals surface area (Å²) in [7, 11) is 0. The fourth-order valence-electron chi connectivity index (χ4n) is 1.90. The van der Waals surface area contributed by atoms with E-state index in [0.29, 0.717) is 21.4 Å². The first-order valence-electron chi connectivity index (χ1n) is 6.58. The van der Waals surface area contributed by atoms with Crippen LogP contribution in [0.3, 0.4) is 0 Å². The third-order valence-corrected chi connectivity index (χ3v) is 5.03. The average molecular weight is 339 g/mol. The lowest BCUT2D eigenvalue weighted by atomic mass is 10.1. The molecule has 0 saturated carbocycles. The Morgan fingerprint density at radius 2 is 2.05 bits per heavy atom. The molecule has 116 valence electrons. The summed E-state index contributed by atoms with van der Waals surface area (Å²) in [4.78, 5) is 27.7. The first kappa shape index (κ1) is 16.5. The van der Waals surface area contributed by atoms with E-state index in [-0.39, 0.29) is 10.8 Å². The maximum Gasteiger partial charge on any atom is 0.347 e. The maximum absolute atomic E-state index is 12.3. The highest BCUT2D eigenvalue weighted by molar-refractivity contribution is 7.13. The lowest BCUT2D eigenvalue weighted by Gasteiger charge is -2.12. The Balaban J connectivity index is 2.21. The molecule has 0 bridgehead atoms. The molecule has 0 unspecified atom stereocenters. The zero-order valence-corrected chi connectivity index (χ0v) is 13.9. The molecule has 1 amide bonds. The molecule has 2 N–H and O–H groups in total. The number of nitrogens with zero attached hydrogens (tertiary/aromatic N) is 1. The molecule has 0 saturated heterocycles. The highest BCUT2D eigenvalue weighted by Crippen LogP contribution is 2.28. The van der Waals surface area contributed by atoms with Gasteiger partial charge in [-0.1, -0.05) is 17.7 Å². The van der Waals surface area contributed by atoms with Gasteiger partial charge in [0.05, 0.1) is 11.6 Å². The van der Waals surface area contributed by atoms with Crippen LogP contribution in [-0.2, 0) is 4.79 Å². The quantitative estimate of drug-likeness (QED) is 0.887. The van der Waals surface area contributed by atoms with Crippen molar-refractivity contribution < 1.29 is 14.7 Å². The van der Waals surface area contributed by atoms with Crippen LogP contribution >= 0.6 is 22.9 Å². The van der Waals surface area contributed by atoms with Crippen LogP contribution in [0.15, 0.2) is 18.2 Å². The van der Waals surface area contributed by atoms with Gasteiger partial charge in [0.25, 0.3) is 0 Å². The summed E-state index contributed by atoms with van der Waals surface area (Å²) >= 11 is 7.05. The number of hydrogen-bond acceptors (Lipinski definition) is 4. The highest BCUT2D eigenvalue weighted by atomic mass is 35.5. The first-order valence-corrected chi connectivity index (χ1v) is 7.77. The summed E-state index contributed by atoms with van der Waals surface area (Å²) in [5.41, 5.74) is 1.84. The number of aromatic nitrogens is 1. The molecule has 22 heavy (non-hydrogen) atoms. The van der Waals surface area contributed by atoms with Gasteiger partial charge >= 0.3 is 5.97 Å². The van der Waals surface area contributed by atoms with Crippen LogP contribution in [0.4, 0.5) is 5.69 Å². The Bertz CT molecular complexity index is 742. The number of anilines is 1. The number of aromatic carboxylic acids is 1. The second-order valence-electron chi connectivity index (χ2n) is 4.90. The van der Waals surface area contributed by atoms with E-state index in [9.17, 15) is 9.59 Å². The second-order valence-corrected chi connectivity index (χ2v) is 6.33. The number of carboxylic acid groups (broad SMARTS) is 1. The summed E-state index contributed by atoms with van der Waals surface area (Å²) in [5, 5.41) is 12.9. The molecular weight excluding hydrogens is 324 g/mol.